The molecule has 0 saturated carbocycles. The molecule has 90 valence electrons. The van der Waals surface area contributed by atoms with Gasteiger partial charge in [0.15, 0.2) is 0 Å². The zero-order chi connectivity index (χ0) is 11.0. The molecule has 1 aliphatic heterocycles. The Balaban J connectivity index is 0.00000108. The first-order chi connectivity index (χ1) is 7.83. The third kappa shape index (κ3) is 2.33. The number of nitrogens with zero attached hydrogens (tertiary/aromatic N) is 3. The van der Waals surface area contributed by atoms with E-state index >= 15 is 0 Å². The van der Waals surface area contributed by atoms with Crippen molar-refractivity contribution in [1.29, 1.82) is 0 Å². The molecule has 2 aromatic rings. The number of para-hydroxylation sites is 2. The Hall–Kier alpha value is -1.39. The Labute approximate surface area is 106 Å². The predicted octanol–water partition coefficient (Wildman–Crippen LogP) is 1.59. The molecule has 17 heavy (non-hydrogen) atoms. The van der Waals surface area contributed by atoms with Crippen molar-refractivity contribution >= 4 is 29.3 Å². The third-order valence-electron chi connectivity index (χ3n) is 2.98. The normalized spacial score (nSPS) is 19.4. The molecule has 2 heterocycles. The minimum Gasteiger partial charge on any atom is -0.354 e. The molecule has 3 rings (SSSR count). The average molecular weight is 251 g/mol. The van der Waals surface area contributed by atoms with Crippen LogP contribution in [0.4, 0.5) is 5.82 Å². The zero-order valence-corrected chi connectivity index (χ0v) is 10.2. The van der Waals surface area contributed by atoms with Crippen LogP contribution >= 0.6 is 12.4 Å². The summed E-state index contributed by atoms with van der Waals surface area (Å²) >= 11 is 0. The highest BCUT2D eigenvalue weighted by Gasteiger charge is 2.20. The van der Waals surface area contributed by atoms with Gasteiger partial charge in [0.2, 0.25) is 0 Å². The van der Waals surface area contributed by atoms with Crippen LogP contribution in [-0.2, 0) is 0 Å². The number of nitrogens with two attached hydrogens (primary N) is 1. The lowest BCUT2D eigenvalue weighted by Crippen LogP contribution is -2.26. The van der Waals surface area contributed by atoms with E-state index in [0.29, 0.717) is 0 Å². The maximum absolute atomic E-state index is 5.89. The summed E-state index contributed by atoms with van der Waals surface area (Å²) in [6.45, 7) is 1.86. The smallest absolute Gasteiger partial charge is 0.147 e. The Kier molecular flexibility index (Phi) is 3.45. The van der Waals surface area contributed by atoms with Crippen molar-refractivity contribution in [2.45, 2.75) is 12.5 Å². The fourth-order valence-electron chi connectivity index (χ4n) is 2.10. The summed E-state index contributed by atoms with van der Waals surface area (Å²) in [5.74, 6) is 0.937. The molecule has 1 saturated heterocycles. The van der Waals surface area contributed by atoms with Crippen molar-refractivity contribution in [2.75, 3.05) is 18.0 Å². The van der Waals surface area contributed by atoms with Gasteiger partial charge in [-0.1, -0.05) is 12.1 Å². The van der Waals surface area contributed by atoms with Crippen molar-refractivity contribution in [1.82, 2.24) is 9.97 Å². The van der Waals surface area contributed by atoms with Crippen LogP contribution in [0.15, 0.2) is 30.5 Å². The highest BCUT2D eigenvalue weighted by atomic mass is 35.5. The van der Waals surface area contributed by atoms with Crippen LogP contribution in [0.5, 0.6) is 0 Å². The molecule has 2 N–H and O–H groups in total. The standard InChI is InChI=1S/C12H14N4.ClH/c13-9-5-6-16(8-9)12-7-14-10-3-1-2-4-11(10)15-12;/h1-4,7,9H,5-6,8,13H2;1H/t9-;/m0./s1. The van der Waals surface area contributed by atoms with Gasteiger partial charge in [-0.3, -0.25) is 4.98 Å². The van der Waals surface area contributed by atoms with Gasteiger partial charge in [-0.05, 0) is 18.6 Å². The molecule has 1 aliphatic rings. The molecule has 0 unspecified atom stereocenters. The molecule has 0 aliphatic carbocycles. The average Bonchev–Trinajstić information content (AvgIpc) is 2.75. The molecule has 1 atom stereocenters. The second-order valence-corrected chi connectivity index (χ2v) is 4.21. The third-order valence-corrected chi connectivity index (χ3v) is 2.98. The molecule has 0 spiro atoms. The summed E-state index contributed by atoms with van der Waals surface area (Å²) < 4.78 is 0. The van der Waals surface area contributed by atoms with Crippen LogP contribution in [-0.4, -0.2) is 29.1 Å². The lowest BCUT2D eigenvalue weighted by atomic mass is 10.3. The topological polar surface area (TPSA) is 55.0 Å². The minimum atomic E-state index is 0. The van der Waals surface area contributed by atoms with Crippen LogP contribution in [0.1, 0.15) is 6.42 Å². The molecule has 5 heteroatoms. The number of hydrogen-bond acceptors (Lipinski definition) is 4. The van der Waals surface area contributed by atoms with Crippen LogP contribution in [0.2, 0.25) is 0 Å². The van der Waals surface area contributed by atoms with E-state index in [0.717, 1.165) is 36.4 Å². The van der Waals surface area contributed by atoms with Gasteiger partial charge in [0.1, 0.15) is 5.82 Å². The van der Waals surface area contributed by atoms with Crippen molar-refractivity contribution < 1.29 is 0 Å². The van der Waals surface area contributed by atoms with Crippen molar-refractivity contribution in [3.8, 4) is 0 Å². The highest BCUT2D eigenvalue weighted by Crippen LogP contribution is 2.19. The number of rotatable bonds is 1. The van der Waals surface area contributed by atoms with Crippen LogP contribution in [0, 0.1) is 0 Å². The Bertz CT molecular complexity index is 517. The molecule has 4 nitrogen and oxygen atoms in total. The number of benzene rings is 1. The van der Waals surface area contributed by atoms with Crippen LogP contribution in [0.25, 0.3) is 11.0 Å². The summed E-state index contributed by atoms with van der Waals surface area (Å²) in [5.41, 5.74) is 7.77. The lowest BCUT2D eigenvalue weighted by Gasteiger charge is -2.16. The SMILES string of the molecule is Cl.N[C@H]1CCN(c2cnc3ccccc3n2)C1. The molecule has 1 aromatic heterocycles. The minimum absolute atomic E-state index is 0. The predicted molar refractivity (Wildman–Crippen MR) is 71.6 cm³/mol. The quantitative estimate of drug-likeness (QED) is 0.835. The second kappa shape index (κ2) is 4.85. The van der Waals surface area contributed by atoms with Gasteiger partial charge in [-0.2, -0.15) is 0 Å². The number of hydrogen-bond donors (Lipinski definition) is 1. The highest BCUT2D eigenvalue weighted by molar-refractivity contribution is 5.85. The monoisotopic (exact) mass is 250 g/mol. The summed E-state index contributed by atoms with van der Waals surface area (Å²) in [6, 6.07) is 8.19. The summed E-state index contributed by atoms with van der Waals surface area (Å²) in [4.78, 5) is 11.2. The summed E-state index contributed by atoms with van der Waals surface area (Å²) in [6.07, 6.45) is 2.87. The van der Waals surface area contributed by atoms with E-state index in [1.807, 2.05) is 30.5 Å². The molecule has 0 amide bonds. The number of aromatic nitrogens is 2. The van der Waals surface area contributed by atoms with Crippen molar-refractivity contribution in [2.24, 2.45) is 5.73 Å². The van der Waals surface area contributed by atoms with E-state index in [4.69, 9.17) is 5.73 Å². The maximum Gasteiger partial charge on any atom is 0.147 e. The summed E-state index contributed by atoms with van der Waals surface area (Å²) in [5, 5.41) is 0. The maximum atomic E-state index is 5.89. The fourth-order valence-corrected chi connectivity index (χ4v) is 2.10. The number of halogens is 1. The Morgan fingerprint density at radius 2 is 2.00 bits per heavy atom. The Morgan fingerprint density at radius 1 is 1.24 bits per heavy atom. The van der Waals surface area contributed by atoms with Crippen LogP contribution in [0.3, 0.4) is 0 Å². The van der Waals surface area contributed by atoms with E-state index in [-0.39, 0.29) is 18.4 Å². The molecule has 0 radical (unpaired) electrons. The fraction of sp³-hybridized carbons (Fsp3) is 0.333. The summed E-state index contributed by atoms with van der Waals surface area (Å²) in [7, 11) is 0. The first kappa shape index (κ1) is 12.1. The molecule has 1 aromatic carbocycles. The molecule has 0 bridgehead atoms. The second-order valence-electron chi connectivity index (χ2n) is 4.21. The van der Waals surface area contributed by atoms with E-state index in [1.165, 1.54) is 0 Å². The largest absolute Gasteiger partial charge is 0.354 e. The van der Waals surface area contributed by atoms with Crippen LogP contribution < -0.4 is 10.6 Å². The zero-order valence-electron chi connectivity index (χ0n) is 9.41. The number of fused-ring (bicyclic) bond motifs is 1. The van der Waals surface area contributed by atoms with Gasteiger partial charge < -0.3 is 10.6 Å². The first-order valence-corrected chi connectivity index (χ1v) is 5.55. The van der Waals surface area contributed by atoms with Crippen molar-refractivity contribution in [3.63, 3.8) is 0 Å². The van der Waals surface area contributed by atoms with E-state index in [2.05, 4.69) is 14.9 Å². The van der Waals surface area contributed by atoms with Gasteiger partial charge in [0, 0.05) is 19.1 Å². The molecule has 1 fully saturated rings. The van der Waals surface area contributed by atoms with E-state index < -0.39 is 0 Å². The van der Waals surface area contributed by atoms with E-state index in [9.17, 15) is 0 Å². The Morgan fingerprint density at radius 3 is 2.71 bits per heavy atom. The van der Waals surface area contributed by atoms with Gasteiger partial charge in [0.25, 0.3) is 0 Å². The van der Waals surface area contributed by atoms with Gasteiger partial charge in [-0.15, -0.1) is 12.4 Å². The van der Waals surface area contributed by atoms with Gasteiger partial charge in [0.05, 0.1) is 17.2 Å². The molecular formula is C12H15ClN4. The molecular weight excluding hydrogens is 236 g/mol. The van der Waals surface area contributed by atoms with Gasteiger partial charge in [-0.25, -0.2) is 4.98 Å². The number of anilines is 1. The van der Waals surface area contributed by atoms with Gasteiger partial charge >= 0.3 is 0 Å². The van der Waals surface area contributed by atoms with E-state index in [1.54, 1.807) is 0 Å². The van der Waals surface area contributed by atoms with Crippen molar-refractivity contribution in [3.05, 3.63) is 30.5 Å². The first-order valence-electron chi connectivity index (χ1n) is 5.55. The lowest BCUT2D eigenvalue weighted by molar-refractivity contribution is 0.751.